The zero-order valence-electron chi connectivity index (χ0n) is 14.5. The molecular formula is C21H24N2O. The summed E-state index contributed by atoms with van der Waals surface area (Å²) >= 11 is 0. The first-order valence-corrected chi connectivity index (χ1v) is 8.72. The van der Waals surface area contributed by atoms with Crippen LogP contribution >= 0.6 is 0 Å². The summed E-state index contributed by atoms with van der Waals surface area (Å²) in [5.41, 5.74) is 3.58. The second-order valence-electron chi connectivity index (χ2n) is 6.76. The van der Waals surface area contributed by atoms with Crippen LogP contribution in [0.25, 0.3) is 10.9 Å². The number of carbonyl (C=O) groups is 1. The standard InChI is InChI=1S/C21H24N2O/c1-4-12-23(17-8-6-5-7-9-17)21(24)19-14-16(3)22-20-11-10-15(2)13-18(19)20/h1,10-11,13-14,17H,5-9,12H2,2-3H3. The lowest BCUT2D eigenvalue weighted by Crippen LogP contribution is -2.41. The van der Waals surface area contributed by atoms with E-state index in [9.17, 15) is 4.79 Å². The van der Waals surface area contributed by atoms with Gasteiger partial charge in [-0.15, -0.1) is 6.42 Å². The van der Waals surface area contributed by atoms with Crippen molar-refractivity contribution in [1.82, 2.24) is 9.88 Å². The number of benzene rings is 1. The van der Waals surface area contributed by atoms with Crippen LogP contribution in [0.2, 0.25) is 0 Å². The third-order valence-corrected chi connectivity index (χ3v) is 4.86. The highest BCUT2D eigenvalue weighted by atomic mass is 16.2. The lowest BCUT2D eigenvalue weighted by Gasteiger charge is -2.33. The SMILES string of the molecule is C#CCN(C(=O)c1cc(C)nc2ccc(C)cc12)C1CCCCC1. The fraction of sp³-hybridized carbons (Fsp3) is 0.429. The van der Waals surface area contributed by atoms with Gasteiger partial charge in [-0.3, -0.25) is 9.78 Å². The highest BCUT2D eigenvalue weighted by molar-refractivity contribution is 6.06. The van der Waals surface area contributed by atoms with Gasteiger partial charge in [0.25, 0.3) is 5.91 Å². The number of nitrogens with zero attached hydrogens (tertiary/aromatic N) is 2. The molecule has 2 aromatic rings. The van der Waals surface area contributed by atoms with Gasteiger partial charge < -0.3 is 4.90 Å². The minimum absolute atomic E-state index is 0.0425. The Labute approximate surface area is 144 Å². The summed E-state index contributed by atoms with van der Waals surface area (Å²) in [6, 6.07) is 8.22. The molecular weight excluding hydrogens is 296 g/mol. The molecule has 0 aliphatic heterocycles. The number of aromatic nitrogens is 1. The van der Waals surface area contributed by atoms with Crippen molar-refractivity contribution in [3.05, 3.63) is 41.1 Å². The van der Waals surface area contributed by atoms with Gasteiger partial charge in [-0.2, -0.15) is 0 Å². The predicted molar refractivity (Wildman–Crippen MR) is 98.0 cm³/mol. The lowest BCUT2D eigenvalue weighted by atomic mass is 9.93. The van der Waals surface area contributed by atoms with E-state index >= 15 is 0 Å². The molecule has 3 nitrogen and oxygen atoms in total. The Hall–Kier alpha value is -2.34. The molecule has 1 aromatic heterocycles. The van der Waals surface area contributed by atoms with Crippen molar-refractivity contribution in [2.24, 2.45) is 0 Å². The average molecular weight is 320 g/mol. The Bertz CT molecular complexity index is 797. The molecule has 1 amide bonds. The summed E-state index contributed by atoms with van der Waals surface area (Å²) in [5, 5.41) is 0.920. The molecule has 1 aromatic carbocycles. The van der Waals surface area contributed by atoms with Crippen LogP contribution in [0, 0.1) is 26.2 Å². The van der Waals surface area contributed by atoms with E-state index in [1.54, 1.807) is 0 Å². The maximum absolute atomic E-state index is 13.3. The van der Waals surface area contributed by atoms with Crippen LogP contribution in [0.15, 0.2) is 24.3 Å². The van der Waals surface area contributed by atoms with Gasteiger partial charge in [0.15, 0.2) is 0 Å². The van der Waals surface area contributed by atoms with Crippen molar-refractivity contribution in [3.8, 4) is 12.3 Å². The number of pyridine rings is 1. The van der Waals surface area contributed by atoms with Crippen LogP contribution < -0.4 is 0 Å². The summed E-state index contributed by atoms with van der Waals surface area (Å²) in [6.45, 7) is 4.34. The second kappa shape index (κ2) is 7.05. The van der Waals surface area contributed by atoms with Crippen molar-refractivity contribution < 1.29 is 4.79 Å². The number of fused-ring (bicyclic) bond motifs is 1. The van der Waals surface area contributed by atoms with E-state index in [0.717, 1.165) is 40.6 Å². The Kier molecular flexibility index (Phi) is 4.85. The van der Waals surface area contributed by atoms with E-state index in [1.165, 1.54) is 19.3 Å². The predicted octanol–water partition coefficient (Wildman–Crippen LogP) is 4.26. The third kappa shape index (κ3) is 3.28. The molecule has 124 valence electrons. The van der Waals surface area contributed by atoms with E-state index in [1.807, 2.05) is 43.0 Å². The number of amides is 1. The second-order valence-corrected chi connectivity index (χ2v) is 6.76. The highest BCUT2D eigenvalue weighted by Crippen LogP contribution is 2.27. The molecule has 0 radical (unpaired) electrons. The van der Waals surface area contributed by atoms with Crippen molar-refractivity contribution in [3.63, 3.8) is 0 Å². The van der Waals surface area contributed by atoms with Gasteiger partial charge in [0.2, 0.25) is 0 Å². The van der Waals surface area contributed by atoms with E-state index in [4.69, 9.17) is 6.42 Å². The molecule has 0 atom stereocenters. The van der Waals surface area contributed by atoms with Crippen molar-refractivity contribution >= 4 is 16.8 Å². The van der Waals surface area contributed by atoms with Crippen molar-refractivity contribution in [2.75, 3.05) is 6.54 Å². The molecule has 0 saturated heterocycles. The van der Waals surface area contributed by atoms with E-state index in [-0.39, 0.29) is 11.9 Å². The fourth-order valence-electron chi connectivity index (χ4n) is 3.66. The quantitative estimate of drug-likeness (QED) is 0.792. The summed E-state index contributed by atoms with van der Waals surface area (Å²) in [7, 11) is 0. The molecule has 1 aliphatic carbocycles. The van der Waals surface area contributed by atoms with E-state index < -0.39 is 0 Å². The molecule has 0 spiro atoms. The van der Waals surface area contributed by atoms with Gasteiger partial charge >= 0.3 is 0 Å². The van der Waals surface area contributed by atoms with Gasteiger partial charge in [0.05, 0.1) is 17.6 Å². The number of carbonyl (C=O) groups excluding carboxylic acids is 1. The number of rotatable bonds is 3. The van der Waals surface area contributed by atoms with Gasteiger partial charge in [0.1, 0.15) is 0 Å². The molecule has 0 bridgehead atoms. The van der Waals surface area contributed by atoms with Crippen LogP contribution in [0.5, 0.6) is 0 Å². The van der Waals surface area contributed by atoms with E-state index in [0.29, 0.717) is 6.54 Å². The normalized spacial score (nSPS) is 15.2. The van der Waals surface area contributed by atoms with Gasteiger partial charge in [-0.05, 0) is 44.9 Å². The molecule has 3 rings (SSSR count). The molecule has 0 N–H and O–H groups in total. The maximum Gasteiger partial charge on any atom is 0.255 e. The third-order valence-electron chi connectivity index (χ3n) is 4.86. The topological polar surface area (TPSA) is 33.2 Å². The summed E-state index contributed by atoms with van der Waals surface area (Å²) in [5.74, 6) is 2.72. The smallest absolute Gasteiger partial charge is 0.255 e. The Balaban J connectivity index is 2.05. The minimum Gasteiger partial charge on any atom is -0.325 e. The van der Waals surface area contributed by atoms with Crippen LogP contribution in [-0.4, -0.2) is 28.4 Å². The molecule has 1 fully saturated rings. The molecule has 24 heavy (non-hydrogen) atoms. The number of hydrogen-bond acceptors (Lipinski definition) is 2. The fourth-order valence-corrected chi connectivity index (χ4v) is 3.66. The number of hydrogen-bond donors (Lipinski definition) is 0. The molecule has 1 heterocycles. The van der Waals surface area contributed by atoms with Crippen LogP contribution in [0.1, 0.15) is 53.7 Å². The Morgan fingerprint density at radius 1 is 1.25 bits per heavy atom. The summed E-state index contributed by atoms with van der Waals surface area (Å²) in [4.78, 5) is 19.8. The molecule has 0 unspecified atom stereocenters. The Morgan fingerprint density at radius 2 is 2.00 bits per heavy atom. The monoisotopic (exact) mass is 320 g/mol. The van der Waals surface area contributed by atoms with Crippen molar-refractivity contribution in [2.45, 2.75) is 52.0 Å². The number of aryl methyl sites for hydroxylation is 2. The Morgan fingerprint density at radius 3 is 2.71 bits per heavy atom. The highest BCUT2D eigenvalue weighted by Gasteiger charge is 2.27. The largest absolute Gasteiger partial charge is 0.325 e. The molecule has 1 saturated carbocycles. The van der Waals surface area contributed by atoms with Crippen molar-refractivity contribution in [1.29, 1.82) is 0 Å². The average Bonchev–Trinajstić information content (AvgIpc) is 2.59. The zero-order chi connectivity index (χ0) is 17.1. The van der Waals surface area contributed by atoms with Gasteiger partial charge in [0, 0.05) is 17.1 Å². The summed E-state index contributed by atoms with van der Waals surface area (Å²) in [6.07, 6.45) is 11.3. The first kappa shape index (κ1) is 16.5. The van der Waals surface area contributed by atoms with Gasteiger partial charge in [-0.25, -0.2) is 0 Å². The minimum atomic E-state index is 0.0425. The first-order valence-electron chi connectivity index (χ1n) is 8.72. The number of terminal acetylenes is 1. The first-order chi connectivity index (χ1) is 11.6. The van der Waals surface area contributed by atoms with Gasteiger partial charge in [-0.1, -0.05) is 36.8 Å². The summed E-state index contributed by atoms with van der Waals surface area (Å²) < 4.78 is 0. The van der Waals surface area contributed by atoms with E-state index in [2.05, 4.69) is 10.9 Å². The van der Waals surface area contributed by atoms with Crippen LogP contribution in [0.3, 0.4) is 0 Å². The van der Waals surface area contributed by atoms with Crippen LogP contribution in [0.4, 0.5) is 0 Å². The zero-order valence-corrected chi connectivity index (χ0v) is 14.5. The molecule has 1 aliphatic rings. The van der Waals surface area contributed by atoms with Crippen LogP contribution in [-0.2, 0) is 0 Å². The maximum atomic E-state index is 13.3. The lowest BCUT2D eigenvalue weighted by molar-refractivity contribution is 0.0669. The molecule has 3 heteroatoms.